The van der Waals surface area contributed by atoms with Gasteiger partial charge >= 0.3 is 10.2 Å². The second kappa shape index (κ2) is 9.97. The first-order valence-corrected chi connectivity index (χ1v) is 15.4. The molecule has 1 aromatic carbocycles. The Morgan fingerprint density at radius 1 is 1.09 bits per heavy atom. The van der Waals surface area contributed by atoms with E-state index in [2.05, 4.69) is 15.5 Å². The van der Waals surface area contributed by atoms with E-state index >= 15 is 0 Å². The van der Waals surface area contributed by atoms with Crippen LogP contribution in [0.2, 0.25) is 0 Å². The molecule has 43 heavy (non-hydrogen) atoms. The monoisotopic (exact) mass is 639 g/mol. The van der Waals surface area contributed by atoms with E-state index in [4.69, 9.17) is 0 Å². The molecule has 18 heteroatoms. The lowest BCUT2D eigenvalue weighted by Gasteiger charge is -2.41. The van der Waals surface area contributed by atoms with Gasteiger partial charge in [0, 0.05) is 37.0 Å². The van der Waals surface area contributed by atoms with Crippen molar-refractivity contribution in [2.45, 2.75) is 86.0 Å². The fourth-order valence-electron chi connectivity index (χ4n) is 5.48. The van der Waals surface area contributed by atoms with Crippen LogP contribution in [-0.2, 0) is 9.59 Å². The highest BCUT2D eigenvalue weighted by molar-refractivity contribution is 8.45. The largest absolute Gasteiger partial charge is 0.391 e. The molecule has 2 aromatic rings. The highest BCUT2D eigenvalue weighted by Crippen LogP contribution is 3.02. The van der Waals surface area contributed by atoms with E-state index in [1.807, 2.05) is 0 Å². The number of benzene rings is 1. The van der Waals surface area contributed by atoms with Crippen LogP contribution in [0.15, 0.2) is 35.5 Å². The topological polar surface area (TPSA) is 127 Å². The smallest absolute Gasteiger partial charge is 0.310 e. The second-order valence-electron chi connectivity index (χ2n) is 11.2. The lowest BCUT2D eigenvalue weighted by molar-refractivity contribution is -0.129. The lowest BCUT2D eigenvalue weighted by Crippen LogP contribution is -2.52. The van der Waals surface area contributed by atoms with Gasteiger partial charge in [0.05, 0.1) is 12.6 Å². The number of β-amino-alcohol motifs (C(OH)–C–C–N with tert-alkyl or cyclic N) is 1. The van der Waals surface area contributed by atoms with Gasteiger partial charge in [-0.05, 0) is 49.9 Å². The Kier molecular flexibility index (Phi) is 7.16. The minimum absolute atomic E-state index is 0.0898. The number of anilines is 1. The average molecular weight is 640 g/mol. The highest BCUT2D eigenvalue weighted by Gasteiger charge is 2.65. The summed E-state index contributed by atoms with van der Waals surface area (Å²) in [5, 5.41) is 30.2. The zero-order valence-electron chi connectivity index (χ0n) is 22.4. The summed E-state index contributed by atoms with van der Waals surface area (Å²) >= 11 is 0. The molecule has 0 spiro atoms. The van der Waals surface area contributed by atoms with Gasteiger partial charge in [-0.25, -0.2) is 8.78 Å². The lowest BCUT2D eigenvalue weighted by atomic mass is 9.92. The van der Waals surface area contributed by atoms with Crippen molar-refractivity contribution in [1.29, 1.82) is 5.26 Å². The van der Waals surface area contributed by atoms with E-state index in [0.29, 0.717) is 25.0 Å². The second-order valence-corrected chi connectivity index (χ2v) is 13.6. The Morgan fingerprint density at radius 2 is 1.72 bits per heavy atom. The van der Waals surface area contributed by atoms with Gasteiger partial charge in [-0.2, -0.15) is 5.26 Å². The van der Waals surface area contributed by atoms with Crippen molar-refractivity contribution in [3.8, 4) is 6.19 Å². The molecule has 10 nitrogen and oxygen atoms in total. The molecule has 5 rings (SSSR count). The highest BCUT2D eigenvalue weighted by atomic mass is 32.5. The Morgan fingerprint density at radius 3 is 2.28 bits per heavy atom. The number of aromatic nitrogens is 3. The van der Waals surface area contributed by atoms with Crippen molar-refractivity contribution >= 4 is 27.7 Å². The predicted octanol–water partition coefficient (Wildman–Crippen LogP) is 4.96. The van der Waals surface area contributed by atoms with Crippen LogP contribution in [0.5, 0.6) is 0 Å². The molecule has 2 N–H and O–H groups in total. The number of nitriles is 1. The number of aliphatic hydroxyl groups is 1. The molecule has 0 radical (unpaired) electrons. The molecule has 2 heterocycles. The molecule has 3 fully saturated rings. The first-order chi connectivity index (χ1) is 19.9. The number of hydrogen-bond acceptors (Lipinski definition) is 7. The summed E-state index contributed by atoms with van der Waals surface area (Å²) in [5.74, 6) is -4.94. The van der Waals surface area contributed by atoms with Crippen molar-refractivity contribution in [2.75, 3.05) is 11.4 Å². The summed E-state index contributed by atoms with van der Waals surface area (Å²) < 4.78 is 96.6. The zero-order valence-corrected chi connectivity index (χ0v) is 23.2. The number of carbonyl (C=O) groups is 2. The molecular weight excluding hydrogens is 611 g/mol. The van der Waals surface area contributed by atoms with Crippen molar-refractivity contribution in [3.63, 3.8) is 0 Å². The number of aliphatic hydroxyl groups excluding tert-OH is 1. The number of rotatable bonds is 8. The standard InChI is InChI=1S/C25H28F7N7O3S/c26-25(27)9-7-15(8-10-25)35-23(41)21(22-36-34-14-38(22)16-1-2-16)39(24(42)20-11-18(40)12-37(20)13-33)17-3-5-19(6-4-17)43(28,29,30,31)32/h3-6,14-16,18,20-21,40H,1-2,7-12H2,(H,35,41). The Labute approximate surface area is 241 Å². The van der Waals surface area contributed by atoms with Crippen molar-refractivity contribution in [1.82, 2.24) is 25.0 Å². The molecule has 236 valence electrons. The molecule has 2 aliphatic carbocycles. The van der Waals surface area contributed by atoms with Crippen LogP contribution >= 0.6 is 10.2 Å². The number of nitrogens with one attached hydrogen (secondary N) is 1. The number of nitrogens with zero attached hydrogens (tertiary/aromatic N) is 6. The zero-order chi connectivity index (χ0) is 31.4. The third-order valence-corrected chi connectivity index (χ3v) is 9.01. The van der Waals surface area contributed by atoms with E-state index in [0.717, 1.165) is 9.80 Å². The maximum atomic E-state index is 14.1. The maximum absolute atomic E-state index is 14.1. The molecule has 2 saturated carbocycles. The van der Waals surface area contributed by atoms with Gasteiger partial charge in [0.2, 0.25) is 5.92 Å². The fourth-order valence-corrected chi connectivity index (χ4v) is 6.13. The van der Waals surface area contributed by atoms with Crippen LogP contribution in [0, 0.1) is 11.5 Å². The summed E-state index contributed by atoms with van der Waals surface area (Å²) in [6.45, 7) is -0.241. The SMILES string of the molecule is N#CN1CC(O)CC1C(=O)N(c1ccc(S(F)(F)(F)(F)F)cc1)C(C(=O)NC1CCC(F)(F)CC1)c1nncn1C1CC1. The van der Waals surface area contributed by atoms with Crippen molar-refractivity contribution in [3.05, 3.63) is 36.4 Å². The number of alkyl halides is 2. The van der Waals surface area contributed by atoms with Crippen LogP contribution in [0.3, 0.4) is 0 Å². The minimum Gasteiger partial charge on any atom is -0.391 e. The molecular formula is C25H28F7N7O3S. The predicted molar refractivity (Wildman–Crippen MR) is 138 cm³/mol. The summed E-state index contributed by atoms with van der Waals surface area (Å²) in [6.07, 6.45) is 1.81. The van der Waals surface area contributed by atoms with Crippen molar-refractivity contribution < 1.29 is 42.9 Å². The van der Waals surface area contributed by atoms with E-state index in [-0.39, 0.29) is 49.8 Å². The summed E-state index contributed by atoms with van der Waals surface area (Å²) in [5.41, 5.74) is -0.407. The first kappa shape index (κ1) is 30.9. The van der Waals surface area contributed by atoms with Crippen LogP contribution in [0.25, 0.3) is 0 Å². The van der Waals surface area contributed by atoms with Gasteiger partial charge in [-0.3, -0.25) is 19.4 Å². The fraction of sp³-hybridized carbons (Fsp3) is 0.560. The van der Waals surface area contributed by atoms with E-state index in [1.54, 1.807) is 6.19 Å². The Balaban J connectivity index is 1.60. The van der Waals surface area contributed by atoms with Crippen LogP contribution in [0.1, 0.15) is 62.9 Å². The molecule has 3 atom stereocenters. The van der Waals surface area contributed by atoms with E-state index in [1.165, 1.54) is 10.9 Å². The van der Waals surface area contributed by atoms with Gasteiger partial charge in [0.1, 0.15) is 17.3 Å². The normalized spacial score (nSPS) is 24.9. The van der Waals surface area contributed by atoms with Gasteiger partial charge in [-0.15, -0.1) is 10.2 Å². The van der Waals surface area contributed by atoms with Crippen LogP contribution in [0.4, 0.5) is 33.9 Å². The van der Waals surface area contributed by atoms with Gasteiger partial charge < -0.3 is 15.0 Å². The Bertz CT molecular complexity index is 1440. The van der Waals surface area contributed by atoms with Crippen molar-refractivity contribution in [2.24, 2.45) is 0 Å². The minimum atomic E-state index is -10.1. The number of halogens is 7. The summed E-state index contributed by atoms with van der Waals surface area (Å²) in [6, 6.07) is -2.62. The third kappa shape index (κ3) is 6.66. The molecule has 1 aliphatic heterocycles. The Hall–Kier alpha value is -3.59. The quantitative estimate of drug-likeness (QED) is 0.309. The third-order valence-electron chi connectivity index (χ3n) is 7.85. The van der Waals surface area contributed by atoms with E-state index in [9.17, 15) is 48.2 Å². The number of carbonyl (C=O) groups excluding carboxylic acids is 2. The van der Waals surface area contributed by atoms with E-state index < -0.39 is 75.6 Å². The molecule has 0 bridgehead atoms. The number of hydrogen-bond donors (Lipinski definition) is 2. The molecule has 3 aliphatic rings. The number of likely N-dealkylation sites (tertiary alicyclic amines) is 1. The van der Waals surface area contributed by atoms with Gasteiger partial charge in [0.25, 0.3) is 11.8 Å². The molecule has 2 amide bonds. The maximum Gasteiger partial charge on any atom is 0.310 e. The summed E-state index contributed by atoms with van der Waals surface area (Å²) in [4.78, 5) is 27.5. The number of amides is 2. The molecule has 3 unspecified atom stereocenters. The van der Waals surface area contributed by atoms with Crippen LogP contribution in [-0.4, -0.2) is 67.2 Å². The first-order valence-electron chi connectivity index (χ1n) is 13.5. The van der Waals surface area contributed by atoms with Crippen LogP contribution < -0.4 is 10.2 Å². The average Bonchev–Trinajstić information content (AvgIpc) is 3.52. The molecule has 1 aromatic heterocycles. The summed E-state index contributed by atoms with van der Waals surface area (Å²) in [7, 11) is -10.1. The van der Waals surface area contributed by atoms with Gasteiger partial charge in [0.15, 0.2) is 18.1 Å². The molecule has 1 saturated heterocycles. The van der Waals surface area contributed by atoms with Gasteiger partial charge in [-0.1, -0.05) is 19.4 Å².